The van der Waals surface area contributed by atoms with Crippen LogP contribution in [0.5, 0.6) is 0 Å². The number of allylic oxidation sites excluding steroid dienone is 1. The average Bonchev–Trinajstić information content (AvgIpc) is 2.74. The maximum atomic E-state index is 13.9. The van der Waals surface area contributed by atoms with Gasteiger partial charge in [-0.15, -0.1) is 0 Å². The van der Waals surface area contributed by atoms with Crippen molar-refractivity contribution in [1.29, 1.82) is 0 Å². The first-order chi connectivity index (χ1) is 15.9. The average molecular weight is 516 g/mol. The minimum absolute atomic E-state index is 0.0546. The number of nitrogens with zero attached hydrogens (tertiary/aromatic N) is 3. The van der Waals surface area contributed by atoms with Crippen molar-refractivity contribution in [2.75, 3.05) is 12.3 Å². The Hall–Kier alpha value is -2.70. The largest absolute Gasteiger partial charge is 0.469 e. The molecule has 2 rings (SSSR count). The van der Waals surface area contributed by atoms with Crippen molar-refractivity contribution in [1.82, 2.24) is 14.9 Å². The van der Waals surface area contributed by atoms with Crippen LogP contribution < -0.4 is 5.73 Å². The molecule has 1 aromatic carbocycles. The van der Waals surface area contributed by atoms with Gasteiger partial charge in [-0.25, -0.2) is 23.3 Å². The third-order valence-corrected chi connectivity index (χ3v) is 6.17. The van der Waals surface area contributed by atoms with Gasteiger partial charge in [-0.05, 0) is 26.0 Å². The number of aromatic nitrogens is 2. The number of benzene rings is 1. The summed E-state index contributed by atoms with van der Waals surface area (Å²) in [6.07, 6.45) is 1.16. The number of thioether (sulfide) groups is 1. The molecular formula is C20H23F2N4O6PS. The maximum Gasteiger partial charge on any atom is 0.469 e. The third-order valence-electron chi connectivity index (χ3n) is 4.53. The maximum absolute atomic E-state index is 13.9. The van der Waals surface area contributed by atoms with Gasteiger partial charge >= 0.3 is 7.82 Å². The Morgan fingerprint density at radius 3 is 2.53 bits per heavy atom. The number of hydrogen-bond acceptors (Lipinski definition) is 8. The molecule has 0 fully saturated rings. The molecule has 4 N–H and O–H groups in total. The number of anilines is 1. The number of carbonyl (C=O) groups excluding carboxylic acids is 2. The number of rotatable bonds is 11. The van der Waals surface area contributed by atoms with Crippen molar-refractivity contribution in [3.8, 4) is 0 Å². The van der Waals surface area contributed by atoms with Crippen molar-refractivity contribution in [2.45, 2.75) is 33.2 Å². The van der Waals surface area contributed by atoms with Crippen molar-refractivity contribution in [3.05, 3.63) is 63.6 Å². The molecule has 0 spiro atoms. The summed E-state index contributed by atoms with van der Waals surface area (Å²) in [6.45, 7) is 2.60. The quantitative estimate of drug-likeness (QED) is 0.300. The molecule has 0 aliphatic heterocycles. The standard InChI is InChI=1S/C20H23F2N4O6PS/c1-12(26(11-27)10-14-9-24-13(2)25-20(14)23)18(6-7-32-33(29,30)31)34-19(28)8-15-16(21)4-3-5-17(15)22/h3-5,9,11H,6-8,10H2,1-2H3,(H2,23,24,25)(H2,29,30,31)/b18-12-. The summed E-state index contributed by atoms with van der Waals surface area (Å²) in [7, 11) is -4.78. The van der Waals surface area contributed by atoms with E-state index in [1.807, 2.05) is 0 Å². The van der Waals surface area contributed by atoms with Gasteiger partial charge in [0.15, 0.2) is 5.12 Å². The second-order valence-electron chi connectivity index (χ2n) is 6.99. The molecule has 0 radical (unpaired) electrons. The van der Waals surface area contributed by atoms with Gasteiger partial charge in [0, 0.05) is 40.8 Å². The van der Waals surface area contributed by atoms with Gasteiger partial charge in [-0.1, -0.05) is 17.8 Å². The number of nitrogen functional groups attached to an aromatic ring is 1. The number of carbonyl (C=O) groups is 2. The van der Waals surface area contributed by atoms with Crippen LogP contribution in [0.25, 0.3) is 0 Å². The molecule has 0 atom stereocenters. The topological polar surface area (TPSA) is 156 Å². The number of halogens is 2. The van der Waals surface area contributed by atoms with Crippen LogP contribution in [0.1, 0.15) is 30.3 Å². The summed E-state index contributed by atoms with van der Waals surface area (Å²) >= 11 is 0.588. The highest BCUT2D eigenvalue weighted by Gasteiger charge is 2.21. The second-order valence-corrected chi connectivity index (χ2v) is 9.39. The molecule has 0 aliphatic rings. The molecule has 2 aromatic rings. The van der Waals surface area contributed by atoms with Crippen LogP contribution in [-0.2, 0) is 31.6 Å². The van der Waals surface area contributed by atoms with Gasteiger partial charge in [0.25, 0.3) is 0 Å². The van der Waals surface area contributed by atoms with Crippen LogP contribution >= 0.6 is 19.6 Å². The Balaban J connectivity index is 2.30. The van der Waals surface area contributed by atoms with E-state index in [2.05, 4.69) is 14.5 Å². The number of nitrogens with two attached hydrogens (primary N) is 1. The predicted molar refractivity (Wildman–Crippen MR) is 121 cm³/mol. The second kappa shape index (κ2) is 12.1. The zero-order chi connectivity index (χ0) is 25.5. The predicted octanol–water partition coefficient (Wildman–Crippen LogP) is 2.84. The molecule has 0 saturated heterocycles. The Labute approximate surface area is 198 Å². The lowest BCUT2D eigenvalue weighted by Crippen LogP contribution is -2.22. The van der Waals surface area contributed by atoms with Crippen LogP contribution in [0, 0.1) is 18.6 Å². The molecule has 1 heterocycles. The molecule has 184 valence electrons. The summed E-state index contributed by atoms with van der Waals surface area (Å²) in [5.41, 5.74) is 6.13. The summed E-state index contributed by atoms with van der Waals surface area (Å²) in [5, 5.41) is -0.654. The van der Waals surface area contributed by atoms with Gasteiger partial charge in [-0.2, -0.15) is 0 Å². The molecule has 1 amide bonds. The normalized spacial score (nSPS) is 12.3. The van der Waals surface area contributed by atoms with Crippen LogP contribution in [-0.4, -0.2) is 42.8 Å². The molecule has 34 heavy (non-hydrogen) atoms. The van der Waals surface area contributed by atoms with Gasteiger partial charge in [0.2, 0.25) is 6.41 Å². The molecule has 0 saturated carbocycles. The van der Waals surface area contributed by atoms with E-state index in [0.717, 1.165) is 12.1 Å². The lowest BCUT2D eigenvalue weighted by molar-refractivity contribution is -0.117. The minimum atomic E-state index is -4.78. The van der Waals surface area contributed by atoms with Crippen molar-refractivity contribution < 1.29 is 37.2 Å². The SMILES string of the molecule is C/C(=C(\CCOP(=O)(O)O)SC(=O)Cc1c(F)cccc1F)N(C=O)Cc1cnc(C)nc1N. The van der Waals surface area contributed by atoms with E-state index in [9.17, 15) is 22.9 Å². The monoisotopic (exact) mass is 516 g/mol. The van der Waals surface area contributed by atoms with Crippen molar-refractivity contribution in [3.63, 3.8) is 0 Å². The fourth-order valence-electron chi connectivity index (χ4n) is 2.79. The van der Waals surface area contributed by atoms with Crippen molar-refractivity contribution in [2.24, 2.45) is 0 Å². The van der Waals surface area contributed by atoms with Crippen LogP contribution in [0.15, 0.2) is 35.0 Å². The van der Waals surface area contributed by atoms with Crippen molar-refractivity contribution >= 4 is 36.9 Å². The minimum Gasteiger partial charge on any atom is -0.383 e. The highest BCUT2D eigenvalue weighted by Crippen LogP contribution is 2.37. The van der Waals surface area contributed by atoms with E-state index in [4.69, 9.17) is 15.5 Å². The zero-order valence-corrected chi connectivity index (χ0v) is 20.0. The van der Waals surface area contributed by atoms with E-state index < -0.39 is 43.2 Å². The van der Waals surface area contributed by atoms with E-state index in [1.54, 1.807) is 6.92 Å². The number of hydrogen-bond donors (Lipinski definition) is 3. The van der Waals surface area contributed by atoms with Crippen LogP contribution in [0.4, 0.5) is 14.6 Å². The lowest BCUT2D eigenvalue weighted by atomic mass is 10.1. The molecule has 14 heteroatoms. The van der Waals surface area contributed by atoms with Gasteiger partial charge < -0.3 is 20.4 Å². The molecular weight excluding hydrogens is 493 g/mol. The van der Waals surface area contributed by atoms with Crippen LogP contribution in [0.3, 0.4) is 0 Å². The molecule has 1 aromatic heterocycles. The Bertz CT molecular complexity index is 1120. The number of aryl methyl sites for hydroxylation is 1. The third kappa shape index (κ3) is 8.26. The number of phosphoric acid groups is 1. The number of amides is 1. The highest BCUT2D eigenvalue weighted by molar-refractivity contribution is 8.16. The summed E-state index contributed by atoms with van der Waals surface area (Å²) in [4.78, 5) is 51.7. The Morgan fingerprint density at radius 1 is 1.32 bits per heavy atom. The van der Waals surface area contributed by atoms with E-state index >= 15 is 0 Å². The molecule has 10 nitrogen and oxygen atoms in total. The van der Waals surface area contributed by atoms with Gasteiger partial charge in [0.1, 0.15) is 23.3 Å². The Kier molecular flexibility index (Phi) is 9.83. The smallest absolute Gasteiger partial charge is 0.383 e. The fraction of sp³-hybridized carbons (Fsp3) is 0.300. The van der Waals surface area contributed by atoms with E-state index in [0.29, 0.717) is 29.6 Å². The first kappa shape index (κ1) is 27.5. The van der Waals surface area contributed by atoms with Gasteiger partial charge in [0.05, 0.1) is 13.2 Å². The fourth-order valence-corrected chi connectivity index (χ4v) is 4.07. The van der Waals surface area contributed by atoms with E-state index in [-0.39, 0.29) is 29.4 Å². The first-order valence-corrected chi connectivity index (χ1v) is 12.1. The lowest BCUT2D eigenvalue weighted by Gasteiger charge is -2.22. The summed E-state index contributed by atoms with van der Waals surface area (Å²) in [6, 6.07) is 3.21. The highest BCUT2D eigenvalue weighted by atomic mass is 32.2. The Morgan fingerprint density at radius 2 is 1.97 bits per heavy atom. The van der Waals surface area contributed by atoms with Gasteiger partial charge in [-0.3, -0.25) is 14.1 Å². The summed E-state index contributed by atoms with van der Waals surface area (Å²) in [5.74, 6) is -1.18. The van der Waals surface area contributed by atoms with E-state index in [1.165, 1.54) is 24.1 Å². The summed E-state index contributed by atoms with van der Waals surface area (Å²) < 4.78 is 43.3. The molecule has 0 aliphatic carbocycles. The van der Waals surface area contributed by atoms with Crippen LogP contribution in [0.2, 0.25) is 0 Å². The zero-order valence-electron chi connectivity index (χ0n) is 18.3. The molecule has 0 unspecified atom stereocenters. The number of phosphoric ester groups is 1. The first-order valence-electron chi connectivity index (χ1n) is 9.74. The molecule has 0 bridgehead atoms.